The van der Waals surface area contributed by atoms with Gasteiger partial charge in [0.2, 0.25) is 0 Å². The van der Waals surface area contributed by atoms with E-state index in [1.165, 1.54) is 0 Å². The second kappa shape index (κ2) is 5.33. The summed E-state index contributed by atoms with van der Waals surface area (Å²) in [7, 11) is -3.46. The molecule has 0 aliphatic heterocycles. The van der Waals surface area contributed by atoms with Crippen LogP contribution in [0.15, 0.2) is 65.6 Å². The van der Waals surface area contributed by atoms with Gasteiger partial charge < -0.3 is 5.73 Å². The molecule has 0 amide bonds. The Balaban J connectivity index is 2.21. The average molecular weight is 261 g/mol. The van der Waals surface area contributed by atoms with Gasteiger partial charge in [0, 0.05) is 6.42 Å². The van der Waals surface area contributed by atoms with Gasteiger partial charge in [-0.15, -0.1) is 0 Å². The molecule has 0 aliphatic rings. The van der Waals surface area contributed by atoms with Crippen molar-refractivity contribution in [3.8, 4) is 0 Å². The van der Waals surface area contributed by atoms with E-state index < -0.39 is 15.2 Å². The molecule has 2 aromatic carbocycles. The molecule has 2 rings (SSSR count). The summed E-state index contributed by atoms with van der Waals surface area (Å²) in [6, 6.07) is 17.7. The molecule has 4 heteroatoms. The summed E-state index contributed by atoms with van der Waals surface area (Å²) >= 11 is 0. The van der Waals surface area contributed by atoms with E-state index in [9.17, 15) is 8.42 Å². The highest BCUT2D eigenvalue weighted by molar-refractivity contribution is 7.92. The first-order chi connectivity index (χ1) is 8.60. The fourth-order valence-corrected chi connectivity index (χ4v) is 3.04. The Labute approximate surface area is 107 Å². The molecule has 0 aliphatic carbocycles. The third-order valence-corrected chi connectivity index (χ3v) is 4.64. The number of sulfone groups is 1. The van der Waals surface area contributed by atoms with Crippen molar-refractivity contribution in [3.05, 3.63) is 66.2 Å². The quantitative estimate of drug-likeness (QED) is 0.915. The van der Waals surface area contributed by atoms with Crippen molar-refractivity contribution < 1.29 is 8.42 Å². The van der Waals surface area contributed by atoms with Crippen molar-refractivity contribution in [3.63, 3.8) is 0 Å². The lowest BCUT2D eigenvalue weighted by Crippen LogP contribution is -2.32. The van der Waals surface area contributed by atoms with Crippen LogP contribution in [0.4, 0.5) is 0 Å². The summed E-state index contributed by atoms with van der Waals surface area (Å²) in [5.74, 6) is 0. The smallest absolute Gasteiger partial charge is 0.194 e. The molecule has 0 radical (unpaired) electrons. The van der Waals surface area contributed by atoms with Crippen molar-refractivity contribution in [1.82, 2.24) is 0 Å². The molecule has 0 bridgehead atoms. The zero-order valence-electron chi connectivity index (χ0n) is 9.86. The average Bonchev–Trinajstić information content (AvgIpc) is 2.41. The SMILES string of the molecule is NC(Cc1ccccc1)S(=O)(=O)c1ccccc1. The van der Waals surface area contributed by atoms with Crippen LogP contribution in [0.25, 0.3) is 0 Å². The number of benzene rings is 2. The fourth-order valence-electron chi connectivity index (χ4n) is 1.74. The van der Waals surface area contributed by atoms with Crippen LogP contribution in [0.1, 0.15) is 5.56 Å². The van der Waals surface area contributed by atoms with Crippen LogP contribution in [0, 0.1) is 0 Å². The highest BCUT2D eigenvalue weighted by Crippen LogP contribution is 2.15. The Morgan fingerprint density at radius 3 is 1.94 bits per heavy atom. The molecular formula is C14H15NO2S. The van der Waals surface area contributed by atoms with Crippen LogP contribution in [-0.2, 0) is 16.3 Å². The van der Waals surface area contributed by atoms with Crippen LogP contribution in [-0.4, -0.2) is 13.8 Å². The lowest BCUT2D eigenvalue weighted by atomic mass is 10.2. The molecule has 3 nitrogen and oxygen atoms in total. The largest absolute Gasteiger partial charge is 0.315 e. The van der Waals surface area contributed by atoms with Gasteiger partial charge in [-0.05, 0) is 17.7 Å². The zero-order valence-corrected chi connectivity index (χ0v) is 10.7. The Hall–Kier alpha value is -1.65. The number of hydrogen-bond acceptors (Lipinski definition) is 3. The molecule has 1 atom stereocenters. The van der Waals surface area contributed by atoms with Gasteiger partial charge in [0.1, 0.15) is 5.37 Å². The van der Waals surface area contributed by atoms with E-state index >= 15 is 0 Å². The number of nitrogens with two attached hydrogens (primary N) is 1. The van der Waals surface area contributed by atoms with E-state index in [4.69, 9.17) is 5.73 Å². The predicted molar refractivity (Wildman–Crippen MR) is 71.7 cm³/mol. The van der Waals surface area contributed by atoms with Crippen LogP contribution in [0.5, 0.6) is 0 Å². The van der Waals surface area contributed by atoms with E-state index in [1.54, 1.807) is 30.3 Å². The second-order valence-electron chi connectivity index (χ2n) is 4.09. The summed E-state index contributed by atoms with van der Waals surface area (Å²) in [5, 5.41) is -0.915. The first-order valence-corrected chi connectivity index (χ1v) is 7.24. The third kappa shape index (κ3) is 2.78. The topological polar surface area (TPSA) is 60.2 Å². The second-order valence-corrected chi connectivity index (χ2v) is 6.25. The van der Waals surface area contributed by atoms with Crippen molar-refractivity contribution in [2.75, 3.05) is 0 Å². The summed E-state index contributed by atoms with van der Waals surface area (Å²) in [5.41, 5.74) is 6.75. The molecule has 0 aromatic heterocycles. The van der Waals surface area contributed by atoms with Gasteiger partial charge >= 0.3 is 0 Å². The number of hydrogen-bond donors (Lipinski definition) is 1. The van der Waals surface area contributed by atoms with Crippen LogP contribution >= 0.6 is 0 Å². The maximum absolute atomic E-state index is 12.2. The minimum atomic E-state index is -3.46. The van der Waals surface area contributed by atoms with Gasteiger partial charge in [-0.3, -0.25) is 0 Å². The molecule has 0 heterocycles. The highest BCUT2D eigenvalue weighted by atomic mass is 32.2. The molecule has 2 aromatic rings. The van der Waals surface area contributed by atoms with Gasteiger partial charge in [-0.25, -0.2) is 8.42 Å². The van der Waals surface area contributed by atoms with Crippen molar-refractivity contribution in [1.29, 1.82) is 0 Å². The van der Waals surface area contributed by atoms with E-state index in [-0.39, 0.29) is 4.90 Å². The standard InChI is InChI=1S/C14H15NO2S/c15-14(11-12-7-3-1-4-8-12)18(16,17)13-9-5-2-6-10-13/h1-10,14H,11,15H2. The van der Waals surface area contributed by atoms with Crippen LogP contribution < -0.4 is 5.73 Å². The predicted octanol–water partition coefficient (Wildman–Crippen LogP) is 1.99. The first-order valence-electron chi connectivity index (χ1n) is 5.69. The fraction of sp³-hybridized carbons (Fsp3) is 0.143. The molecule has 2 N–H and O–H groups in total. The molecule has 0 spiro atoms. The Bertz CT molecular complexity index is 594. The maximum atomic E-state index is 12.2. The molecule has 0 saturated carbocycles. The van der Waals surface area contributed by atoms with Crippen molar-refractivity contribution >= 4 is 9.84 Å². The Kier molecular flexibility index (Phi) is 3.79. The lowest BCUT2D eigenvalue weighted by molar-refractivity contribution is 0.579. The third-order valence-electron chi connectivity index (χ3n) is 2.75. The van der Waals surface area contributed by atoms with Crippen molar-refractivity contribution in [2.24, 2.45) is 5.73 Å². The monoisotopic (exact) mass is 261 g/mol. The molecular weight excluding hydrogens is 246 g/mol. The van der Waals surface area contributed by atoms with E-state index in [2.05, 4.69) is 0 Å². The van der Waals surface area contributed by atoms with Crippen LogP contribution in [0.3, 0.4) is 0 Å². The Morgan fingerprint density at radius 2 is 1.39 bits per heavy atom. The summed E-state index contributed by atoms with van der Waals surface area (Å²) in [6.07, 6.45) is 0.318. The minimum absolute atomic E-state index is 0.272. The number of rotatable bonds is 4. The normalized spacial score (nSPS) is 13.2. The summed E-state index contributed by atoms with van der Waals surface area (Å²) < 4.78 is 24.4. The van der Waals surface area contributed by atoms with Crippen LogP contribution in [0.2, 0.25) is 0 Å². The highest BCUT2D eigenvalue weighted by Gasteiger charge is 2.23. The maximum Gasteiger partial charge on any atom is 0.194 e. The summed E-state index contributed by atoms with van der Waals surface area (Å²) in [4.78, 5) is 0.272. The van der Waals surface area contributed by atoms with Gasteiger partial charge in [0.05, 0.1) is 4.90 Å². The summed E-state index contributed by atoms with van der Waals surface area (Å²) in [6.45, 7) is 0. The van der Waals surface area contributed by atoms with Gasteiger partial charge in [0.15, 0.2) is 9.84 Å². The van der Waals surface area contributed by atoms with E-state index in [1.807, 2.05) is 30.3 Å². The van der Waals surface area contributed by atoms with Crippen molar-refractivity contribution in [2.45, 2.75) is 16.7 Å². The van der Waals surface area contributed by atoms with E-state index in [0.29, 0.717) is 6.42 Å². The molecule has 1 unspecified atom stereocenters. The van der Waals surface area contributed by atoms with E-state index in [0.717, 1.165) is 5.56 Å². The minimum Gasteiger partial charge on any atom is -0.315 e. The molecule has 0 fully saturated rings. The van der Waals surface area contributed by atoms with Gasteiger partial charge in [-0.1, -0.05) is 48.5 Å². The lowest BCUT2D eigenvalue weighted by Gasteiger charge is -2.13. The molecule has 18 heavy (non-hydrogen) atoms. The van der Waals surface area contributed by atoms with Gasteiger partial charge in [0.25, 0.3) is 0 Å². The first kappa shape index (κ1) is 12.8. The Morgan fingerprint density at radius 1 is 0.889 bits per heavy atom. The zero-order chi connectivity index (χ0) is 13.0. The molecule has 0 saturated heterocycles. The molecule has 94 valence electrons. The van der Waals surface area contributed by atoms with Gasteiger partial charge in [-0.2, -0.15) is 0 Å².